The van der Waals surface area contributed by atoms with Gasteiger partial charge in [0.1, 0.15) is 12.0 Å². The van der Waals surface area contributed by atoms with Crippen LogP contribution >= 0.6 is 23.6 Å². The van der Waals surface area contributed by atoms with Gasteiger partial charge in [-0.15, -0.1) is 15.6 Å². The lowest BCUT2D eigenvalue weighted by atomic mass is 10.3. The van der Waals surface area contributed by atoms with Gasteiger partial charge in [0, 0.05) is 5.88 Å². The van der Waals surface area contributed by atoms with Crippen LogP contribution < -0.4 is 0 Å². The lowest BCUT2D eigenvalue weighted by Gasteiger charge is -1.84. The normalized spacial score (nSPS) is 7.50. The lowest BCUT2D eigenvalue weighted by molar-refractivity contribution is 0.776. The number of rotatable bonds is 3. The van der Waals surface area contributed by atoms with E-state index in [0.717, 1.165) is 5.88 Å². The maximum Gasteiger partial charge on any atom is 0.116 e. The molecule has 0 aromatic rings. The van der Waals surface area contributed by atoms with Crippen LogP contribution in [0.2, 0.25) is 0 Å². The average Bonchev–Trinajstić information content (AvgIpc) is 1.88. The Labute approximate surface area is 60.2 Å². The van der Waals surface area contributed by atoms with E-state index >= 15 is 0 Å². The summed E-state index contributed by atoms with van der Waals surface area (Å²) in [5.74, 6) is 0.827. The van der Waals surface area contributed by atoms with E-state index in [0.29, 0.717) is 0 Å². The first-order chi connectivity index (χ1) is 3.91. The van der Waals surface area contributed by atoms with E-state index in [1.54, 1.807) is 0 Å². The summed E-state index contributed by atoms with van der Waals surface area (Å²) >= 11 is 8.52. The first-order valence-corrected chi connectivity index (χ1v) is 3.44. The van der Waals surface area contributed by atoms with Gasteiger partial charge in [-0.2, -0.15) is 0 Å². The topological polar surface area (TPSA) is 0 Å². The van der Waals surface area contributed by atoms with Crippen LogP contribution in [-0.2, 0) is 0 Å². The first-order valence-electron chi connectivity index (χ1n) is 2.62. The molecule has 0 heterocycles. The summed E-state index contributed by atoms with van der Waals surface area (Å²) in [6, 6.07) is 0. The summed E-state index contributed by atoms with van der Waals surface area (Å²) in [6.07, 6.45) is 3.73. The van der Waals surface area contributed by atoms with Crippen LogP contribution in [0.1, 0.15) is 26.2 Å². The van der Waals surface area contributed by atoms with Crippen molar-refractivity contribution in [1.82, 2.24) is 0 Å². The zero-order valence-corrected chi connectivity index (χ0v) is 6.47. The molecule has 0 aromatic carbocycles. The summed E-state index contributed by atoms with van der Waals surface area (Å²) < 4.78 is 8.97. The number of hydrogen-bond donors (Lipinski definition) is 0. The third-order valence-corrected chi connectivity index (χ3v) is 1.00. The number of unbranched alkanes of at least 4 members (excludes halogenated alkanes) is 2. The van der Waals surface area contributed by atoms with Crippen LogP contribution in [0.15, 0.2) is 0 Å². The van der Waals surface area contributed by atoms with Crippen LogP contribution in [0.25, 0.3) is 0 Å². The Bertz CT molecular complexity index is 22.4. The second-order valence-corrected chi connectivity index (χ2v) is 1.77. The monoisotopic (exact) mass is 160 g/mol. The van der Waals surface area contributed by atoms with Crippen molar-refractivity contribution >= 4 is 23.6 Å². The molecule has 0 N–H and O–H groups in total. The summed E-state index contributed by atoms with van der Waals surface area (Å²) in [5, 5.41) is 0. The predicted octanol–water partition coefficient (Wildman–Crippen LogP) is 3.53. The van der Waals surface area contributed by atoms with E-state index in [1.807, 2.05) is 0 Å². The molecule has 0 saturated heterocycles. The lowest BCUT2D eigenvalue weighted by Crippen LogP contribution is -1.70. The molecule has 0 bridgehead atoms. The van der Waals surface area contributed by atoms with E-state index in [4.69, 9.17) is 15.6 Å². The van der Waals surface area contributed by atoms with Gasteiger partial charge in [0.25, 0.3) is 0 Å². The molecule has 0 aromatic heterocycles. The third-order valence-electron chi connectivity index (χ3n) is 0.737. The van der Waals surface area contributed by atoms with Crippen molar-refractivity contribution in [3.05, 3.63) is 0 Å². The number of hydrogen-bond acceptors (Lipinski definition) is 0. The summed E-state index contributed by atoms with van der Waals surface area (Å²) in [5.41, 5.74) is 0. The highest BCUT2D eigenvalue weighted by Crippen LogP contribution is 1.93. The molecule has 0 aliphatic carbocycles. The molecule has 0 aliphatic heterocycles. The van der Waals surface area contributed by atoms with Crippen LogP contribution in [0.5, 0.6) is 0 Å². The van der Waals surface area contributed by atoms with Gasteiger partial charge in [-0.3, -0.25) is 0 Å². The fraction of sp³-hybridized carbons (Fsp3) is 1.00. The van der Waals surface area contributed by atoms with Crippen LogP contribution in [0, 0.1) is 0 Å². The van der Waals surface area contributed by atoms with Crippen LogP contribution in [-0.4, -0.2) is 5.88 Å². The molecule has 0 nitrogen and oxygen atoms in total. The second kappa shape index (κ2) is 15.6. The molecule has 0 rings (SSSR count). The molecule has 0 spiro atoms. The van der Waals surface area contributed by atoms with Gasteiger partial charge in [-0.25, -0.2) is 0 Å². The zero-order valence-electron chi connectivity index (χ0n) is 4.96. The highest BCUT2D eigenvalue weighted by Gasteiger charge is 1.76. The van der Waals surface area contributed by atoms with Crippen LogP contribution in [0.3, 0.4) is 0 Å². The quantitative estimate of drug-likeness (QED) is 0.438. The van der Waals surface area contributed by atoms with Crippen molar-refractivity contribution in [2.75, 3.05) is 5.88 Å². The summed E-state index contributed by atoms with van der Waals surface area (Å²) in [7, 11) is 0. The van der Waals surface area contributed by atoms with Crippen molar-refractivity contribution in [3.63, 3.8) is 0 Å². The minimum absolute atomic E-state index is 0.827. The molecule has 0 fully saturated rings. The molecule has 8 heavy (non-hydrogen) atoms. The Morgan fingerprint density at radius 1 is 1.25 bits per heavy atom. The minimum atomic E-state index is 0.827. The van der Waals surface area contributed by atoms with E-state index in [-0.39, 0.29) is 0 Å². The van der Waals surface area contributed by atoms with Gasteiger partial charge in [-0.05, 0) is 6.42 Å². The van der Waals surface area contributed by atoms with Gasteiger partial charge in [0.05, 0.1) is 0 Å². The van der Waals surface area contributed by atoms with E-state index in [1.165, 1.54) is 19.3 Å². The van der Waals surface area contributed by atoms with Crippen molar-refractivity contribution in [2.24, 2.45) is 0 Å². The number of halogens is 3. The molecular formula is C5H11Cl2F. The Kier molecular flexibility index (Phi) is 22.2. The molecule has 0 amide bonds. The maximum atomic E-state index is 8.97. The Balaban J connectivity index is 0. The zero-order chi connectivity index (χ0) is 6.83. The van der Waals surface area contributed by atoms with E-state index in [9.17, 15) is 0 Å². The van der Waals surface area contributed by atoms with Gasteiger partial charge in [0.2, 0.25) is 0 Å². The number of alkyl halides is 1. The largest absolute Gasteiger partial charge is 0.127 e. The Morgan fingerprint density at radius 2 is 1.75 bits per heavy atom. The molecular weight excluding hydrogens is 150 g/mol. The van der Waals surface area contributed by atoms with Crippen LogP contribution in [0.4, 0.5) is 3.98 Å². The van der Waals surface area contributed by atoms with Crippen molar-refractivity contribution in [2.45, 2.75) is 26.2 Å². The highest BCUT2D eigenvalue weighted by molar-refractivity contribution is 6.17. The smallest absolute Gasteiger partial charge is 0.116 e. The fourth-order valence-electron chi connectivity index (χ4n) is 0.344. The van der Waals surface area contributed by atoms with Gasteiger partial charge < -0.3 is 0 Å². The van der Waals surface area contributed by atoms with E-state index < -0.39 is 0 Å². The second-order valence-electron chi connectivity index (χ2n) is 1.40. The van der Waals surface area contributed by atoms with Gasteiger partial charge in [-0.1, -0.05) is 19.8 Å². The summed E-state index contributed by atoms with van der Waals surface area (Å²) in [6.45, 7) is 2.17. The van der Waals surface area contributed by atoms with Crippen molar-refractivity contribution in [1.29, 1.82) is 0 Å². The van der Waals surface area contributed by atoms with Crippen molar-refractivity contribution in [3.8, 4) is 0 Å². The molecule has 0 saturated carbocycles. The SMILES string of the molecule is CCCCCCl.FCl. The first kappa shape index (κ1) is 11.3. The minimum Gasteiger partial charge on any atom is -0.127 e. The predicted molar refractivity (Wildman–Crippen MR) is 37.2 cm³/mol. The summed E-state index contributed by atoms with van der Waals surface area (Å²) in [4.78, 5) is 0. The van der Waals surface area contributed by atoms with Crippen molar-refractivity contribution < 1.29 is 3.98 Å². The van der Waals surface area contributed by atoms with E-state index in [2.05, 4.69) is 18.9 Å². The standard InChI is InChI=1S/C5H11Cl.ClF/c1-2-3-4-5-6;1-2/h2-5H2,1H3;. The molecule has 0 atom stereocenters. The molecule has 3 heteroatoms. The molecule has 52 valence electrons. The average molecular weight is 161 g/mol. The van der Waals surface area contributed by atoms with Gasteiger partial charge in [0.15, 0.2) is 0 Å². The molecule has 0 aliphatic rings. The Morgan fingerprint density at radius 3 is 1.88 bits per heavy atom. The van der Waals surface area contributed by atoms with Gasteiger partial charge >= 0.3 is 0 Å². The highest BCUT2D eigenvalue weighted by atomic mass is 35.5. The fourth-order valence-corrected chi connectivity index (χ4v) is 0.533. The molecule has 0 unspecified atom stereocenters. The molecule has 0 radical (unpaired) electrons. The Hall–Kier alpha value is 0.510. The third kappa shape index (κ3) is 16.0. The maximum absolute atomic E-state index is 8.97.